The lowest BCUT2D eigenvalue weighted by molar-refractivity contribution is -0.131. The standard InChI is InChI=1S/C25H35N5O4S/c1-17-9-7-11-22(18(17)2)26-25(32)21-10-8-14-29(15-21)35(33,34)24-19(3)27-30(20(24)4)16-23(31)28-12-5-6-13-28/h7,9,11,21H,5-6,8,10,12-16H2,1-4H3,(H,26,32)/t21-/m0/s1. The van der Waals surface area contributed by atoms with E-state index in [1.54, 1.807) is 18.7 Å². The van der Waals surface area contributed by atoms with Crippen molar-refractivity contribution >= 4 is 27.5 Å². The zero-order chi connectivity index (χ0) is 25.3. The number of aryl methyl sites for hydroxylation is 2. The number of nitrogens with one attached hydrogen (secondary N) is 1. The summed E-state index contributed by atoms with van der Waals surface area (Å²) in [6.45, 7) is 9.28. The fraction of sp³-hybridized carbons (Fsp3) is 0.560. The highest BCUT2D eigenvalue weighted by atomic mass is 32.2. The second kappa shape index (κ2) is 10.1. The molecule has 10 heteroatoms. The Morgan fingerprint density at radius 3 is 2.49 bits per heavy atom. The molecule has 1 aromatic carbocycles. The number of anilines is 1. The largest absolute Gasteiger partial charge is 0.341 e. The van der Waals surface area contributed by atoms with Gasteiger partial charge in [0.15, 0.2) is 0 Å². The molecule has 35 heavy (non-hydrogen) atoms. The highest BCUT2D eigenvalue weighted by Crippen LogP contribution is 2.29. The highest BCUT2D eigenvalue weighted by Gasteiger charge is 2.37. The number of carbonyl (C=O) groups excluding carboxylic acids is 2. The van der Waals surface area contributed by atoms with Gasteiger partial charge in [0.1, 0.15) is 11.4 Å². The van der Waals surface area contributed by atoms with Crippen LogP contribution >= 0.6 is 0 Å². The van der Waals surface area contributed by atoms with E-state index in [0.29, 0.717) is 30.8 Å². The highest BCUT2D eigenvalue weighted by molar-refractivity contribution is 7.89. The van der Waals surface area contributed by atoms with Crippen LogP contribution < -0.4 is 5.32 Å². The molecule has 2 saturated heterocycles. The van der Waals surface area contributed by atoms with E-state index in [2.05, 4.69) is 10.4 Å². The van der Waals surface area contributed by atoms with Crippen molar-refractivity contribution in [2.45, 2.75) is 64.8 Å². The Bertz CT molecular complexity index is 1230. The average molecular weight is 502 g/mol. The SMILES string of the molecule is Cc1cccc(NC(=O)[C@H]2CCCN(S(=O)(=O)c3c(C)nn(CC(=O)N4CCCC4)c3C)C2)c1C. The van der Waals surface area contributed by atoms with E-state index in [4.69, 9.17) is 0 Å². The van der Waals surface area contributed by atoms with Crippen molar-refractivity contribution in [1.82, 2.24) is 19.0 Å². The summed E-state index contributed by atoms with van der Waals surface area (Å²) in [6, 6.07) is 5.75. The summed E-state index contributed by atoms with van der Waals surface area (Å²) in [7, 11) is -3.87. The Morgan fingerprint density at radius 2 is 1.77 bits per heavy atom. The molecule has 9 nitrogen and oxygen atoms in total. The van der Waals surface area contributed by atoms with E-state index in [-0.39, 0.29) is 29.8 Å². The Hall–Kier alpha value is -2.72. The van der Waals surface area contributed by atoms with Gasteiger partial charge in [0, 0.05) is 31.9 Å². The van der Waals surface area contributed by atoms with Crippen LogP contribution in [0.3, 0.4) is 0 Å². The summed E-state index contributed by atoms with van der Waals surface area (Å²) in [5.41, 5.74) is 3.67. The Labute approximate surface area is 207 Å². The Kier molecular flexibility index (Phi) is 7.32. The lowest BCUT2D eigenvalue weighted by Gasteiger charge is -2.31. The predicted molar refractivity (Wildman–Crippen MR) is 134 cm³/mol. The number of nitrogens with zero attached hydrogens (tertiary/aromatic N) is 4. The minimum atomic E-state index is -3.87. The summed E-state index contributed by atoms with van der Waals surface area (Å²) in [5.74, 6) is -0.650. The van der Waals surface area contributed by atoms with Gasteiger partial charge in [0.05, 0.1) is 17.3 Å². The Balaban J connectivity index is 1.50. The summed E-state index contributed by atoms with van der Waals surface area (Å²) >= 11 is 0. The monoisotopic (exact) mass is 501 g/mol. The first kappa shape index (κ1) is 25.4. The van der Waals surface area contributed by atoms with Crippen LogP contribution in [-0.4, -0.2) is 65.4 Å². The van der Waals surface area contributed by atoms with Crippen molar-refractivity contribution in [1.29, 1.82) is 0 Å². The zero-order valence-electron chi connectivity index (χ0n) is 21.0. The maximum Gasteiger partial charge on any atom is 0.246 e. The fourth-order valence-electron chi connectivity index (χ4n) is 5.03. The summed E-state index contributed by atoms with van der Waals surface area (Å²) in [5, 5.41) is 7.38. The molecule has 0 bridgehead atoms. The molecule has 0 aliphatic carbocycles. The maximum absolute atomic E-state index is 13.7. The third kappa shape index (κ3) is 5.13. The van der Waals surface area contributed by atoms with Crippen LogP contribution in [0.4, 0.5) is 5.69 Å². The van der Waals surface area contributed by atoms with Crippen LogP contribution in [-0.2, 0) is 26.2 Å². The minimum Gasteiger partial charge on any atom is -0.341 e. The number of amides is 2. The maximum atomic E-state index is 13.7. The van der Waals surface area contributed by atoms with E-state index >= 15 is 0 Å². The normalized spacial score (nSPS) is 19.2. The number of aromatic nitrogens is 2. The second-order valence-electron chi connectivity index (χ2n) is 9.68. The summed E-state index contributed by atoms with van der Waals surface area (Å²) in [6.07, 6.45) is 3.22. The van der Waals surface area contributed by atoms with Crippen LogP contribution in [0.2, 0.25) is 0 Å². The molecule has 4 rings (SSSR count). The number of hydrogen-bond donors (Lipinski definition) is 1. The first-order chi connectivity index (χ1) is 16.6. The molecule has 2 fully saturated rings. The van der Waals surface area contributed by atoms with Crippen molar-refractivity contribution in [2.75, 3.05) is 31.5 Å². The van der Waals surface area contributed by atoms with Gasteiger partial charge in [-0.05, 0) is 70.6 Å². The van der Waals surface area contributed by atoms with Crippen molar-refractivity contribution in [3.8, 4) is 0 Å². The fourth-order valence-corrected chi connectivity index (χ4v) is 6.92. The molecule has 190 valence electrons. The van der Waals surface area contributed by atoms with E-state index in [1.807, 2.05) is 32.0 Å². The van der Waals surface area contributed by atoms with Gasteiger partial charge in [-0.1, -0.05) is 12.1 Å². The predicted octanol–water partition coefficient (Wildman–Crippen LogP) is 2.78. The second-order valence-corrected chi connectivity index (χ2v) is 11.6. The zero-order valence-corrected chi connectivity index (χ0v) is 21.8. The first-order valence-electron chi connectivity index (χ1n) is 12.3. The quantitative estimate of drug-likeness (QED) is 0.655. The van der Waals surface area contributed by atoms with Gasteiger partial charge in [0.2, 0.25) is 21.8 Å². The van der Waals surface area contributed by atoms with Crippen LogP contribution in [0.25, 0.3) is 0 Å². The van der Waals surface area contributed by atoms with Gasteiger partial charge in [-0.25, -0.2) is 8.42 Å². The molecule has 2 aliphatic heterocycles. The molecule has 0 saturated carbocycles. The molecule has 0 unspecified atom stereocenters. The number of likely N-dealkylation sites (tertiary alicyclic amines) is 1. The van der Waals surface area contributed by atoms with Crippen molar-refractivity contribution in [3.05, 3.63) is 40.7 Å². The van der Waals surface area contributed by atoms with Gasteiger partial charge < -0.3 is 10.2 Å². The molecule has 1 aromatic heterocycles. The topological polar surface area (TPSA) is 105 Å². The molecular weight excluding hydrogens is 466 g/mol. The smallest absolute Gasteiger partial charge is 0.246 e. The number of piperidine rings is 1. The molecule has 0 radical (unpaired) electrons. The summed E-state index contributed by atoms with van der Waals surface area (Å²) in [4.78, 5) is 27.6. The van der Waals surface area contributed by atoms with Crippen LogP contribution in [0.1, 0.15) is 48.2 Å². The number of carbonyl (C=O) groups is 2. The van der Waals surface area contributed by atoms with Crippen molar-refractivity contribution in [2.24, 2.45) is 5.92 Å². The molecule has 0 spiro atoms. The molecule has 1 atom stereocenters. The average Bonchev–Trinajstić information content (AvgIpc) is 3.45. The van der Waals surface area contributed by atoms with Crippen LogP contribution in [0.5, 0.6) is 0 Å². The molecule has 1 N–H and O–H groups in total. The van der Waals surface area contributed by atoms with E-state index < -0.39 is 15.9 Å². The van der Waals surface area contributed by atoms with Gasteiger partial charge in [-0.3, -0.25) is 14.3 Å². The van der Waals surface area contributed by atoms with E-state index in [1.165, 1.54) is 8.99 Å². The number of hydrogen-bond acceptors (Lipinski definition) is 5. The van der Waals surface area contributed by atoms with E-state index in [9.17, 15) is 18.0 Å². The van der Waals surface area contributed by atoms with Gasteiger partial charge in [-0.2, -0.15) is 9.40 Å². The molecule has 2 aliphatic rings. The lowest BCUT2D eigenvalue weighted by atomic mass is 9.98. The van der Waals surface area contributed by atoms with Crippen molar-refractivity contribution < 1.29 is 18.0 Å². The molecule has 3 heterocycles. The molecular formula is C25H35N5O4S. The lowest BCUT2D eigenvalue weighted by Crippen LogP contribution is -2.44. The minimum absolute atomic E-state index is 0.0308. The van der Waals surface area contributed by atoms with Crippen molar-refractivity contribution in [3.63, 3.8) is 0 Å². The first-order valence-corrected chi connectivity index (χ1v) is 13.7. The summed E-state index contributed by atoms with van der Waals surface area (Å²) < 4.78 is 30.2. The van der Waals surface area contributed by atoms with E-state index in [0.717, 1.165) is 42.7 Å². The number of rotatable bonds is 6. The van der Waals surface area contributed by atoms with Gasteiger partial charge >= 0.3 is 0 Å². The Morgan fingerprint density at radius 1 is 1.06 bits per heavy atom. The number of benzene rings is 1. The third-order valence-corrected chi connectivity index (χ3v) is 9.39. The van der Waals surface area contributed by atoms with Crippen LogP contribution in [0.15, 0.2) is 23.1 Å². The van der Waals surface area contributed by atoms with Gasteiger partial charge in [-0.15, -0.1) is 0 Å². The molecule has 2 amide bonds. The van der Waals surface area contributed by atoms with Gasteiger partial charge in [0.25, 0.3) is 0 Å². The van der Waals surface area contributed by atoms with Crippen LogP contribution in [0, 0.1) is 33.6 Å². The third-order valence-electron chi connectivity index (χ3n) is 7.27. The number of sulfonamides is 1. The molecule has 2 aromatic rings.